The third-order valence-corrected chi connectivity index (χ3v) is 5.99. The van der Waals surface area contributed by atoms with Crippen molar-refractivity contribution >= 4 is 47.4 Å². The third-order valence-electron chi connectivity index (χ3n) is 5.78. The number of hydrogen-bond acceptors (Lipinski definition) is 9. The molecule has 14 heteroatoms. The van der Waals surface area contributed by atoms with Crippen molar-refractivity contribution in [1.29, 1.82) is 0 Å². The number of aryl methyl sites for hydroxylation is 2. The third kappa shape index (κ3) is 19.4. The molecule has 0 atom stereocenters. The van der Waals surface area contributed by atoms with Crippen LogP contribution in [0.3, 0.4) is 0 Å². The monoisotopic (exact) mass is 664 g/mol. The molecule has 4 rings (SSSR count). The van der Waals surface area contributed by atoms with Crippen LogP contribution in [0.4, 0.5) is 0 Å². The molecule has 1 amide bonds. The van der Waals surface area contributed by atoms with Crippen molar-refractivity contribution in [2.24, 2.45) is 0 Å². The van der Waals surface area contributed by atoms with Crippen LogP contribution in [-0.4, -0.2) is 70.5 Å². The van der Waals surface area contributed by atoms with E-state index >= 15 is 0 Å². The van der Waals surface area contributed by atoms with E-state index in [-0.39, 0.29) is 135 Å². The quantitative estimate of drug-likeness (QED) is 0.0748. The minimum Gasteiger partial charge on any atom is -1.00 e. The predicted molar refractivity (Wildman–Crippen MR) is 147 cm³/mol. The number of aliphatic hydroxyl groups is 2. The van der Waals surface area contributed by atoms with E-state index in [0.717, 1.165) is 16.7 Å². The fourth-order valence-electron chi connectivity index (χ4n) is 3.56. The van der Waals surface area contributed by atoms with Crippen LogP contribution in [0, 0.1) is 13.8 Å². The Morgan fingerprint density at radius 3 is 1.71 bits per heavy atom. The SMILES string of the molecule is Cc1ccccc1C(=O)Cl.Cc1ccccc1C(=O)N1CCC(=O)CC1.Cl.O=CO[O-].OC1(O)CCNCC1.[H-].[K+].[K+]. The van der Waals surface area contributed by atoms with Crippen LogP contribution >= 0.6 is 24.0 Å². The van der Waals surface area contributed by atoms with Gasteiger partial charge in [0.25, 0.3) is 17.6 Å². The smallest absolute Gasteiger partial charge is 1.00 e. The van der Waals surface area contributed by atoms with E-state index in [4.69, 9.17) is 31.9 Å². The van der Waals surface area contributed by atoms with Crippen molar-refractivity contribution < 1.29 is 144 Å². The molecule has 2 aromatic rings. The maximum Gasteiger partial charge on any atom is 1.00 e. The summed E-state index contributed by atoms with van der Waals surface area (Å²) in [6.07, 6.45) is 1.90. The van der Waals surface area contributed by atoms with Gasteiger partial charge in [-0.3, -0.25) is 19.2 Å². The van der Waals surface area contributed by atoms with E-state index in [1.807, 2.05) is 50.2 Å². The average Bonchev–Trinajstić information content (AvgIpc) is 2.90. The number of nitrogens with one attached hydrogen (secondary N) is 1. The van der Waals surface area contributed by atoms with Crippen LogP contribution in [0.15, 0.2) is 48.5 Å². The molecule has 218 valence electrons. The van der Waals surface area contributed by atoms with Crippen LogP contribution in [0.1, 0.15) is 59.0 Å². The number of amides is 1. The number of hydrogen-bond donors (Lipinski definition) is 3. The Morgan fingerprint density at radius 1 is 0.976 bits per heavy atom. The van der Waals surface area contributed by atoms with Gasteiger partial charge in [0.1, 0.15) is 5.78 Å². The van der Waals surface area contributed by atoms with Gasteiger partial charge < -0.3 is 32.0 Å². The van der Waals surface area contributed by atoms with Gasteiger partial charge in [-0.2, -0.15) is 0 Å². The first-order valence-electron chi connectivity index (χ1n) is 12.0. The summed E-state index contributed by atoms with van der Waals surface area (Å²) >= 11 is 5.27. The number of carbonyl (C=O) groups excluding carboxylic acids is 4. The number of carbonyl (C=O) groups is 4. The molecule has 3 N–H and O–H groups in total. The Labute approximate surface area is 338 Å². The molecule has 0 unspecified atom stereocenters. The first kappa shape index (κ1) is 45.8. The first-order chi connectivity index (χ1) is 18.0. The van der Waals surface area contributed by atoms with Crippen LogP contribution in [0.25, 0.3) is 0 Å². The molecule has 41 heavy (non-hydrogen) atoms. The van der Waals surface area contributed by atoms with Gasteiger partial charge in [-0.25, -0.2) is 0 Å². The molecule has 2 heterocycles. The van der Waals surface area contributed by atoms with Gasteiger partial charge in [0, 0.05) is 63.0 Å². The summed E-state index contributed by atoms with van der Waals surface area (Å²) in [5, 5.41) is 28.8. The zero-order valence-electron chi connectivity index (χ0n) is 24.9. The Hall–Kier alpha value is 0.413. The Balaban J connectivity index is -0.000000243. The normalized spacial score (nSPS) is 14.6. The van der Waals surface area contributed by atoms with E-state index < -0.39 is 11.0 Å². The summed E-state index contributed by atoms with van der Waals surface area (Å²) in [7, 11) is 0. The van der Waals surface area contributed by atoms with E-state index in [9.17, 15) is 14.4 Å². The molecular formula is C27H36Cl2K2N2O8. The van der Waals surface area contributed by atoms with Crippen LogP contribution in [0.2, 0.25) is 0 Å². The van der Waals surface area contributed by atoms with E-state index in [1.165, 1.54) is 0 Å². The van der Waals surface area contributed by atoms with Gasteiger partial charge >= 0.3 is 103 Å². The molecule has 2 saturated heterocycles. The number of rotatable bonds is 3. The van der Waals surface area contributed by atoms with Gasteiger partial charge in [0.2, 0.25) is 0 Å². The molecule has 0 aliphatic carbocycles. The molecule has 10 nitrogen and oxygen atoms in total. The standard InChI is InChI=1S/C13H15NO2.C8H7ClO.C5H11NO2.CH2O3.ClH.2K.H/c1-10-4-2-3-5-12(10)13(16)14-8-6-11(15)7-9-14;1-6-4-2-3-5-7(6)8(9)10;7-5(8)1-3-6-4-2-5;2-1-4-3;;;;/h2-5H,6-9H2,1H3;2-5H,1H3;6-8H,1-4H2;1,3H;1H;;;/q;;;;;2*+1;-1/p-1. The molecule has 2 aromatic carbocycles. The molecule has 0 bridgehead atoms. The number of likely N-dealkylation sites (tertiary alicyclic amines) is 1. The number of Topliss-reactive ketones (excluding diaryl/α,β-unsaturated/α-hetero) is 1. The second kappa shape index (κ2) is 25.7. The minimum absolute atomic E-state index is 0. The molecule has 2 aliphatic rings. The van der Waals surface area contributed by atoms with Crippen molar-refractivity contribution in [3.63, 3.8) is 0 Å². The van der Waals surface area contributed by atoms with Crippen molar-refractivity contribution in [1.82, 2.24) is 10.2 Å². The number of piperidine rings is 2. The summed E-state index contributed by atoms with van der Waals surface area (Å²) < 4.78 is 0. The molecule has 0 radical (unpaired) electrons. The molecule has 2 aliphatic heterocycles. The molecular weight excluding hydrogens is 629 g/mol. The summed E-state index contributed by atoms with van der Waals surface area (Å²) in [6, 6.07) is 14.8. The predicted octanol–water partition coefficient (Wildman–Crippen LogP) is -3.80. The van der Waals surface area contributed by atoms with Crippen molar-refractivity contribution in [3.05, 3.63) is 70.8 Å². The summed E-state index contributed by atoms with van der Waals surface area (Å²) in [5.41, 5.74) is 3.24. The maximum absolute atomic E-state index is 12.1. The molecule has 0 spiro atoms. The van der Waals surface area contributed by atoms with Gasteiger partial charge in [-0.15, -0.1) is 12.4 Å². The topological polar surface area (TPSA) is 156 Å². The first-order valence-corrected chi connectivity index (χ1v) is 12.4. The fraction of sp³-hybridized carbons (Fsp3) is 0.407. The van der Waals surface area contributed by atoms with Crippen LogP contribution in [-0.2, 0) is 14.5 Å². The Morgan fingerprint density at radius 2 is 1.39 bits per heavy atom. The largest absolute Gasteiger partial charge is 1.00 e. The van der Waals surface area contributed by atoms with E-state index in [0.29, 0.717) is 57.4 Å². The Kier molecular flexibility index (Phi) is 28.7. The fourth-order valence-corrected chi connectivity index (χ4v) is 3.78. The summed E-state index contributed by atoms with van der Waals surface area (Å²) in [5.74, 6) is -1.08. The van der Waals surface area contributed by atoms with Gasteiger partial charge in [0.15, 0.2) is 5.79 Å². The molecule has 0 aromatic heterocycles. The van der Waals surface area contributed by atoms with Crippen LogP contribution in [0.5, 0.6) is 0 Å². The van der Waals surface area contributed by atoms with Gasteiger partial charge in [-0.05, 0) is 48.7 Å². The summed E-state index contributed by atoms with van der Waals surface area (Å²) in [4.78, 5) is 46.9. The summed E-state index contributed by atoms with van der Waals surface area (Å²) in [6.45, 7) is 6.16. The molecule has 0 saturated carbocycles. The van der Waals surface area contributed by atoms with Crippen molar-refractivity contribution in [2.75, 3.05) is 26.2 Å². The zero-order valence-corrected chi connectivity index (χ0v) is 31.7. The zero-order chi connectivity index (χ0) is 28.6. The maximum atomic E-state index is 12.1. The van der Waals surface area contributed by atoms with Crippen LogP contribution < -0.4 is 113 Å². The molecule has 2 fully saturated rings. The number of ketones is 1. The van der Waals surface area contributed by atoms with E-state index in [1.54, 1.807) is 17.0 Å². The Bertz CT molecular complexity index is 1070. The minimum atomic E-state index is -1.38. The number of halogens is 2. The van der Waals surface area contributed by atoms with Crippen molar-refractivity contribution in [3.8, 4) is 0 Å². The average molecular weight is 666 g/mol. The second-order valence-corrected chi connectivity index (χ2v) is 9.00. The number of nitrogens with zero attached hydrogens (tertiary/aromatic N) is 1. The van der Waals surface area contributed by atoms with Gasteiger partial charge in [-0.1, -0.05) is 36.4 Å². The number of benzene rings is 2. The van der Waals surface area contributed by atoms with Crippen molar-refractivity contribution in [2.45, 2.75) is 45.3 Å². The van der Waals surface area contributed by atoms with Gasteiger partial charge in [0.05, 0.1) is 0 Å². The van der Waals surface area contributed by atoms with E-state index in [2.05, 4.69) is 10.2 Å². The second-order valence-electron chi connectivity index (χ2n) is 8.66.